The lowest BCUT2D eigenvalue weighted by Crippen LogP contribution is -2.54. The fourth-order valence-corrected chi connectivity index (χ4v) is 4.09. The van der Waals surface area contributed by atoms with Crippen LogP contribution in [-0.2, 0) is 11.3 Å². The van der Waals surface area contributed by atoms with E-state index in [9.17, 15) is 9.59 Å². The fraction of sp³-hybridized carbons (Fsp3) is 0.647. The Morgan fingerprint density at radius 3 is 2.43 bits per heavy atom. The third-order valence-corrected chi connectivity index (χ3v) is 5.59. The van der Waals surface area contributed by atoms with E-state index in [4.69, 9.17) is 0 Å². The number of carbonyl (C=O) groups is 2. The molecule has 0 aromatic carbocycles. The summed E-state index contributed by atoms with van der Waals surface area (Å²) in [7, 11) is 0. The molecule has 126 valence electrons. The molecule has 1 aromatic rings. The summed E-state index contributed by atoms with van der Waals surface area (Å²) in [5.41, 5.74) is 1.13. The van der Waals surface area contributed by atoms with E-state index in [1.165, 1.54) is 19.3 Å². The first-order chi connectivity index (χ1) is 11.2. The largest absolute Gasteiger partial charge is 0.339 e. The van der Waals surface area contributed by atoms with Crippen molar-refractivity contribution in [2.75, 3.05) is 26.2 Å². The number of rotatable bonds is 3. The lowest BCUT2D eigenvalue weighted by Gasteiger charge is -2.37. The van der Waals surface area contributed by atoms with Crippen LogP contribution in [0.4, 0.5) is 4.79 Å². The summed E-state index contributed by atoms with van der Waals surface area (Å²) >= 11 is 1.63. The van der Waals surface area contributed by atoms with Crippen molar-refractivity contribution >= 4 is 23.3 Å². The standard InChI is InChI=1S/C17H25N3O2S/c21-16(15-4-2-1-3-5-15)19-7-9-20(10-8-19)17(22)18-12-14-6-11-23-13-14/h6,11,13,15H,1-5,7-10,12H2,(H,18,22). The quantitative estimate of drug-likeness (QED) is 0.923. The summed E-state index contributed by atoms with van der Waals surface area (Å²) in [4.78, 5) is 28.5. The van der Waals surface area contributed by atoms with E-state index in [-0.39, 0.29) is 11.9 Å². The smallest absolute Gasteiger partial charge is 0.317 e. The van der Waals surface area contributed by atoms with Gasteiger partial charge in [0.1, 0.15) is 0 Å². The number of piperazine rings is 1. The van der Waals surface area contributed by atoms with Gasteiger partial charge in [-0.3, -0.25) is 4.79 Å². The number of nitrogens with zero attached hydrogens (tertiary/aromatic N) is 2. The van der Waals surface area contributed by atoms with Gasteiger partial charge < -0.3 is 15.1 Å². The molecule has 0 bridgehead atoms. The molecule has 1 aromatic heterocycles. The molecule has 1 N–H and O–H groups in total. The molecule has 2 aliphatic rings. The Labute approximate surface area is 141 Å². The second kappa shape index (κ2) is 7.81. The van der Waals surface area contributed by atoms with Crippen LogP contribution >= 0.6 is 11.3 Å². The molecule has 6 heteroatoms. The number of urea groups is 1. The minimum Gasteiger partial charge on any atom is -0.339 e. The highest BCUT2D eigenvalue weighted by molar-refractivity contribution is 7.07. The molecule has 2 heterocycles. The average molecular weight is 335 g/mol. The van der Waals surface area contributed by atoms with Crippen molar-refractivity contribution in [3.8, 4) is 0 Å². The van der Waals surface area contributed by atoms with Gasteiger partial charge in [0, 0.05) is 38.6 Å². The van der Waals surface area contributed by atoms with Crippen molar-refractivity contribution < 1.29 is 9.59 Å². The zero-order valence-electron chi connectivity index (χ0n) is 13.5. The first kappa shape index (κ1) is 16.3. The Bertz CT molecular complexity index is 518. The maximum atomic E-state index is 12.5. The molecule has 0 spiro atoms. The van der Waals surface area contributed by atoms with Crippen LogP contribution in [0.15, 0.2) is 16.8 Å². The van der Waals surface area contributed by atoms with Crippen LogP contribution in [0.5, 0.6) is 0 Å². The van der Waals surface area contributed by atoms with E-state index in [1.54, 1.807) is 11.3 Å². The zero-order chi connectivity index (χ0) is 16.1. The highest BCUT2D eigenvalue weighted by Crippen LogP contribution is 2.25. The summed E-state index contributed by atoms with van der Waals surface area (Å²) in [6.45, 7) is 3.17. The fourth-order valence-electron chi connectivity index (χ4n) is 3.42. The number of hydrogen-bond donors (Lipinski definition) is 1. The van der Waals surface area contributed by atoms with E-state index in [2.05, 4.69) is 5.32 Å². The van der Waals surface area contributed by atoms with Crippen LogP contribution in [0, 0.1) is 5.92 Å². The van der Waals surface area contributed by atoms with Gasteiger partial charge in [0.05, 0.1) is 0 Å². The van der Waals surface area contributed by atoms with Gasteiger partial charge >= 0.3 is 6.03 Å². The molecule has 0 radical (unpaired) electrons. The van der Waals surface area contributed by atoms with Crippen molar-refractivity contribution in [1.29, 1.82) is 0 Å². The molecule has 1 aliphatic heterocycles. The van der Waals surface area contributed by atoms with Gasteiger partial charge in [0.25, 0.3) is 0 Å². The van der Waals surface area contributed by atoms with Crippen molar-refractivity contribution in [3.05, 3.63) is 22.4 Å². The Kier molecular flexibility index (Phi) is 5.54. The van der Waals surface area contributed by atoms with Gasteiger partial charge in [-0.2, -0.15) is 11.3 Å². The summed E-state index contributed by atoms with van der Waals surface area (Å²) in [6, 6.07) is 1.99. The van der Waals surface area contributed by atoms with E-state index < -0.39 is 0 Å². The Hall–Kier alpha value is -1.56. The molecular formula is C17H25N3O2S. The normalized spacial score (nSPS) is 19.7. The van der Waals surface area contributed by atoms with Crippen molar-refractivity contribution in [2.24, 2.45) is 5.92 Å². The number of carbonyl (C=O) groups excluding carboxylic acids is 2. The molecule has 1 saturated carbocycles. The van der Waals surface area contributed by atoms with E-state index in [0.29, 0.717) is 38.6 Å². The van der Waals surface area contributed by atoms with Crippen molar-refractivity contribution in [2.45, 2.75) is 38.6 Å². The summed E-state index contributed by atoms with van der Waals surface area (Å²) in [6.07, 6.45) is 5.71. The van der Waals surface area contributed by atoms with E-state index in [1.807, 2.05) is 26.6 Å². The molecule has 3 rings (SSSR count). The maximum absolute atomic E-state index is 12.5. The number of amides is 3. The molecule has 1 saturated heterocycles. The molecule has 1 aliphatic carbocycles. The molecule has 3 amide bonds. The molecule has 23 heavy (non-hydrogen) atoms. The minimum absolute atomic E-state index is 0.0269. The van der Waals surface area contributed by atoms with Crippen molar-refractivity contribution in [3.63, 3.8) is 0 Å². The van der Waals surface area contributed by atoms with Crippen LogP contribution in [0.2, 0.25) is 0 Å². The maximum Gasteiger partial charge on any atom is 0.317 e. The third-order valence-electron chi connectivity index (χ3n) is 4.86. The second-order valence-corrected chi connectivity index (χ2v) is 7.22. The summed E-state index contributed by atoms with van der Waals surface area (Å²) in [5.74, 6) is 0.533. The highest BCUT2D eigenvalue weighted by Gasteiger charge is 2.29. The second-order valence-electron chi connectivity index (χ2n) is 6.44. The predicted octanol–water partition coefficient (Wildman–Crippen LogP) is 2.68. The van der Waals surface area contributed by atoms with Crippen LogP contribution < -0.4 is 5.32 Å². The third kappa shape index (κ3) is 4.25. The molecule has 2 fully saturated rings. The lowest BCUT2D eigenvalue weighted by molar-refractivity contribution is -0.138. The van der Waals surface area contributed by atoms with Gasteiger partial charge in [-0.25, -0.2) is 4.79 Å². The molecular weight excluding hydrogens is 310 g/mol. The van der Waals surface area contributed by atoms with Gasteiger partial charge in [0.15, 0.2) is 0 Å². The van der Waals surface area contributed by atoms with Crippen LogP contribution in [-0.4, -0.2) is 47.9 Å². The Balaban J connectivity index is 1.42. The molecule has 0 unspecified atom stereocenters. The number of nitrogens with one attached hydrogen (secondary N) is 1. The lowest BCUT2D eigenvalue weighted by atomic mass is 9.88. The van der Waals surface area contributed by atoms with Gasteiger partial charge in [0.2, 0.25) is 5.91 Å². The van der Waals surface area contributed by atoms with Gasteiger partial charge in [-0.05, 0) is 35.2 Å². The Morgan fingerprint density at radius 1 is 1.09 bits per heavy atom. The van der Waals surface area contributed by atoms with Crippen LogP contribution in [0.3, 0.4) is 0 Å². The topological polar surface area (TPSA) is 52.7 Å². The highest BCUT2D eigenvalue weighted by atomic mass is 32.1. The van der Waals surface area contributed by atoms with E-state index >= 15 is 0 Å². The van der Waals surface area contributed by atoms with Gasteiger partial charge in [-0.15, -0.1) is 0 Å². The first-order valence-corrected chi connectivity index (χ1v) is 9.51. The van der Waals surface area contributed by atoms with Crippen LogP contribution in [0.25, 0.3) is 0 Å². The van der Waals surface area contributed by atoms with E-state index in [0.717, 1.165) is 18.4 Å². The molecule has 5 nitrogen and oxygen atoms in total. The number of hydrogen-bond acceptors (Lipinski definition) is 3. The zero-order valence-corrected chi connectivity index (χ0v) is 14.3. The average Bonchev–Trinajstić information content (AvgIpc) is 3.13. The van der Waals surface area contributed by atoms with Gasteiger partial charge in [-0.1, -0.05) is 19.3 Å². The number of thiophene rings is 1. The van der Waals surface area contributed by atoms with Crippen LogP contribution in [0.1, 0.15) is 37.7 Å². The van der Waals surface area contributed by atoms with Crippen molar-refractivity contribution in [1.82, 2.24) is 15.1 Å². The summed E-state index contributed by atoms with van der Waals surface area (Å²) in [5, 5.41) is 7.01. The summed E-state index contributed by atoms with van der Waals surface area (Å²) < 4.78 is 0. The SMILES string of the molecule is O=C(NCc1ccsc1)N1CCN(C(=O)C2CCCCC2)CC1. The monoisotopic (exact) mass is 335 g/mol. The Morgan fingerprint density at radius 2 is 1.78 bits per heavy atom. The molecule has 0 atom stereocenters. The predicted molar refractivity (Wildman–Crippen MR) is 91.3 cm³/mol. The first-order valence-electron chi connectivity index (χ1n) is 8.56. The minimum atomic E-state index is -0.0269.